The molecule has 1 amide bonds. The zero-order chi connectivity index (χ0) is 19.2. The summed E-state index contributed by atoms with van der Waals surface area (Å²) < 4.78 is 5.70. The number of ether oxygens (including phenoxy) is 1. The highest BCUT2D eigenvalue weighted by Crippen LogP contribution is 2.36. The third-order valence-electron chi connectivity index (χ3n) is 3.98. The maximum Gasteiger partial charge on any atom is 0.265 e. The normalized spacial score (nSPS) is 10.5. The summed E-state index contributed by atoms with van der Waals surface area (Å²) >= 11 is 1.45. The molecule has 3 rings (SSSR count). The molecule has 0 radical (unpaired) electrons. The van der Waals surface area contributed by atoms with Crippen LogP contribution in [0.4, 0.5) is 5.82 Å². The standard InChI is InChI=1S/C21H23N3O2S/c1-4-26-17-13-18(16-8-6-5-7-9-16)27-20(17)21(25)23-14-15-10-11-22-19(12-15)24(2)3/h5-13H,4,14H2,1-3H3,(H,23,25). The van der Waals surface area contributed by atoms with Crippen molar-refractivity contribution in [3.05, 3.63) is 65.2 Å². The number of benzene rings is 1. The van der Waals surface area contributed by atoms with Gasteiger partial charge < -0.3 is 15.0 Å². The maximum atomic E-state index is 12.8. The van der Waals surface area contributed by atoms with E-state index in [1.54, 1.807) is 6.20 Å². The smallest absolute Gasteiger partial charge is 0.265 e. The maximum absolute atomic E-state index is 12.8. The summed E-state index contributed by atoms with van der Waals surface area (Å²) in [5.41, 5.74) is 2.08. The second kappa shape index (κ2) is 8.68. The van der Waals surface area contributed by atoms with Gasteiger partial charge in [-0.05, 0) is 36.2 Å². The highest BCUT2D eigenvalue weighted by atomic mass is 32.1. The number of nitrogens with zero attached hydrogens (tertiary/aromatic N) is 2. The summed E-state index contributed by atoms with van der Waals surface area (Å²) in [6, 6.07) is 15.8. The molecule has 1 N–H and O–H groups in total. The lowest BCUT2D eigenvalue weighted by Gasteiger charge is -2.12. The molecule has 2 heterocycles. The second-order valence-corrected chi connectivity index (χ2v) is 7.25. The molecule has 0 unspecified atom stereocenters. The Morgan fingerprint density at radius 3 is 2.67 bits per heavy atom. The topological polar surface area (TPSA) is 54.5 Å². The molecule has 0 saturated carbocycles. The Kier molecular flexibility index (Phi) is 6.08. The Hall–Kier alpha value is -2.86. The van der Waals surface area contributed by atoms with Crippen molar-refractivity contribution in [2.45, 2.75) is 13.5 Å². The molecule has 5 nitrogen and oxygen atoms in total. The summed E-state index contributed by atoms with van der Waals surface area (Å²) in [4.78, 5) is 20.6. The van der Waals surface area contributed by atoms with E-state index >= 15 is 0 Å². The van der Waals surface area contributed by atoms with Crippen LogP contribution in [0.3, 0.4) is 0 Å². The molecule has 140 valence electrons. The number of amides is 1. The molecule has 0 spiro atoms. The van der Waals surface area contributed by atoms with Crippen LogP contribution in [0.5, 0.6) is 5.75 Å². The number of thiophene rings is 1. The minimum atomic E-state index is -0.131. The van der Waals surface area contributed by atoms with Gasteiger partial charge in [-0.1, -0.05) is 30.3 Å². The average molecular weight is 382 g/mol. The Morgan fingerprint density at radius 1 is 1.19 bits per heavy atom. The first-order chi connectivity index (χ1) is 13.1. The first-order valence-electron chi connectivity index (χ1n) is 8.81. The number of hydrogen-bond acceptors (Lipinski definition) is 5. The summed E-state index contributed by atoms with van der Waals surface area (Å²) in [7, 11) is 3.88. The van der Waals surface area contributed by atoms with Crippen LogP contribution in [0.2, 0.25) is 0 Å². The molecule has 2 aromatic heterocycles. The van der Waals surface area contributed by atoms with E-state index in [0.29, 0.717) is 23.8 Å². The zero-order valence-electron chi connectivity index (χ0n) is 15.7. The van der Waals surface area contributed by atoms with Crippen LogP contribution >= 0.6 is 11.3 Å². The highest BCUT2D eigenvalue weighted by molar-refractivity contribution is 7.17. The molecule has 0 aliphatic carbocycles. The number of rotatable bonds is 7. The Labute approximate surface area is 163 Å². The minimum absolute atomic E-state index is 0.131. The number of pyridine rings is 1. The van der Waals surface area contributed by atoms with Gasteiger partial charge in [-0.25, -0.2) is 4.98 Å². The van der Waals surface area contributed by atoms with Crippen LogP contribution in [-0.2, 0) is 6.54 Å². The lowest BCUT2D eigenvalue weighted by molar-refractivity contribution is 0.0951. The van der Waals surface area contributed by atoms with E-state index in [1.165, 1.54) is 11.3 Å². The molecule has 27 heavy (non-hydrogen) atoms. The largest absolute Gasteiger partial charge is 0.492 e. The van der Waals surface area contributed by atoms with Gasteiger partial charge in [0.1, 0.15) is 16.4 Å². The van der Waals surface area contributed by atoms with Crippen molar-refractivity contribution in [1.82, 2.24) is 10.3 Å². The number of carbonyl (C=O) groups is 1. The van der Waals surface area contributed by atoms with Crippen molar-refractivity contribution in [2.24, 2.45) is 0 Å². The Bertz CT molecular complexity index is 907. The molecule has 3 aromatic rings. The predicted octanol–water partition coefficient (Wildman–Crippen LogP) is 4.20. The fourth-order valence-electron chi connectivity index (χ4n) is 2.62. The number of hydrogen-bond donors (Lipinski definition) is 1. The van der Waals surface area contributed by atoms with Gasteiger partial charge in [0, 0.05) is 31.7 Å². The van der Waals surface area contributed by atoms with Gasteiger partial charge in [-0.2, -0.15) is 0 Å². The molecule has 0 aliphatic rings. The summed E-state index contributed by atoms with van der Waals surface area (Å²) in [5.74, 6) is 1.36. The minimum Gasteiger partial charge on any atom is -0.492 e. The fourth-order valence-corrected chi connectivity index (χ4v) is 3.64. The van der Waals surface area contributed by atoms with Crippen LogP contribution in [0.15, 0.2) is 54.7 Å². The van der Waals surface area contributed by atoms with E-state index in [2.05, 4.69) is 10.3 Å². The van der Waals surface area contributed by atoms with Gasteiger partial charge in [0.05, 0.1) is 6.61 Å². The van der Waals surface area contributed by atoms with Gasteiger partial charge in [-0.3, -0.25) is 4.79 Å². The van der Waals surface area contributed by atoms with Crippen molar-refractivity contribution < 1.29 is 9.53 Å². The molecule has 0 aliphatic heterocycles. The summed E-state index contributed by atoms with van der Waals surface area (Å²) in [5, 5.41) is 2.99. The van der Waals surface area contributed by atoms with Gasteiger partial charge in [0.2, 0.25) is 0 Å². The Morgan fingerprint density at radius 2 is 1.96 bits per heavy atom. The summed E-state index contributed by atoms with van der Waals surface area (Å²) in [6.07, 6.45) is 1.75. The monoisotopic (exact) mass is 381 g/mol. The van der Waals surface area contributed by atoms with E-state index in [0.717, 1.165) is 21.8 Å². The highest BCUT2D eigenvalue weighted by Gasteiger charge is 2.18. The number of anilines is 1. The molecular formula is C21H23N3O2S. The van der Waals surface area contributed by atoms with Crippen molar-refractivity contribution >= 4 is 23.1 Å². The number of carbonyl (C=O) groups excluding carboxylic acids is 1. The Balaban J connectivity index is 1.77. The number of nitrogens with one attached hydrogen (secondary N) is 1. The van der Waals surface area contributed by atoms with Crippen LogP contribution in [0, 0.1) is 0 Å². The second-order valence-electron chi connectivity index (χ2n) is 6.20. The first-order valence-corrected chi connectivity index (χ1v) is 9.62. The van der Waals surface area contributed by atoms with Crippen LogP contribution in [-0.4, -0.2) is 31.6 Å². The molecular weight excluding hydrogens is 358 g/mol. The predicted molar refractivity (Wildman–Crippen MR) is 111 cm³/mol. The van der Waals surface area contributed by atoms with Crippen LogP contribution in [0.25, 0.3) is 10.4 Å². The molecule has 0 fully saturated rings. The van der Waals surface area contributed by atoms with E-state index < -0.39 is 0 Å². The van der Waals surface area contributed by atoms with Crippen molar-refractivity contribution in [3.63, 3.8) is 0 Å². The van der Waals surface area contributed by atoms with Crippen molar-refractivity contribution in [1.29, 1.82) is 0 Å². The van der Waals surface area contributed by atoms with E-state index in [9.17, 15) is 4.79 Å². The molecule has 6 heteroatoms. The molecule has 0 atom stereocenters. The van der Waals surface area contributed by atoms with Gasteiger partial charge in [0.15, 0.2) is 0 Å². The third kappa shape index (κ3) is 4.65. The third-order valence-corrected chi connectivity index (χ3v) is 5.15. The number of aromatic nitrogens is 1. The lowest BCUT2D eigenvalue weighted by atomic mass is 10.2. The molecule has 0 saturated heterocycles. The van der Waals surface area contributed by atoms with Crippen molar-refractivity contribution in [2.75, 3.05) is 25.6 Å². The van der Waals surface area contributed by atoms with Gasteiger partial charge >= 0.3 is 0 Å². The lowest BCUT2D eigenvalue weighted by Crippen LogP contribution is -2.22. The van der Waals surface area contributed by atoms with E-state index in [1.807, 2.05) is 74.4 Å². The van der Waals surface area contributed by atoms with E-state index in [-0.39, 0.29) is 5.91 Å². The van der Waals surface area contributed by atoms with E-state index in [4.69, 9.17) is 4.74 Å². The van der Waals surface area contributed by atoms with Gasteiger partial charge in [0.25, 0.3) is 5.91 Å². The van der Waals surface area contributed by atoms with Crippen LogP contribution in [0.1, 0.15) is 22.2 Å². The van der Waals surface area contributed by atoms with Gasteiger partial charge in [-0.15, -0.1) is 11.3 Å². The summed E-state index contributed by atoms with van der Waals surface area (Å²) in [6.45, 7) is 2.87. The quantitative estimate of drug-likeness (QED) is 0.666. The molecule has 0 bridgehead atoms. The zero-order valence-corrected chi connectivity index (χ0v) is 16.5. The average Bonchev–Trinajstić information content (AvgIpc) is 3.11. The SMILES string of the molecule is CCOc1cc(-c2ccccc2)sc1C(=O)NCc1ccnc(N(C)C)c1. The van der Waals surface area contributed by atoms with Crippen molar-refractivity contribution in [3.8, 4) is 16.2 Å². The first kappa shape index (κ1) is 18.9. The van der Waals surface area contributed by atoms with Crippen LogP contribution < -0.4 is 15.0 Å². The fraction of sp³-hybridized carbons (Fsp3) is 0.238. The molecule has 1 aromatic carbocycles.